The average molecular weight is 265 g/mol. The molecule has 0 aromatic rings. The molecule has 3 nitrogen and oxygen atoms in total. The first-order valence-electron chi connectivity index (χ1n) is 8.29. The molecule has 1 saturated carbocycles. The molecule has 0 aromatic heterocycles. The van der Waals surface area contributed by atoms with Gasteiger partial charge in [-0.3, -0.25) is 9.80 Å². The normalized spacial score (nSPS) is 40.9. The van der Waals surface area contributed by atoms with Gasteiger partial charge in [-0.05, 0) is 44.1 Å². The lowest BCUT2D eigenvalue weighted by molar-refractivity contribution is -0.00354. The molecule has 1 aliphatic carbocycles. The first-order valence-corrected chi connectivity index (χ1v) is 8.29. The molecule has 3 unspecified atom stereocenters. The number of nitrogens with two attached hydrogens (primary N) is 1. The van der Waals surface area contributed by atoms with Gasteiger partial charge in [-0.1, -0.05) is 20.3 Å². The lowest BCUT2D eigenvalue weighted by atomic mass is 9.72. The van der Waals surface area contributed by atoms with Crippen molar-refractivity contribution in [3.05, 3.63) is 0 Å². The molecule has 0 amide bonds. The Bertz CT molecular complexity index is 315. The van der Waals surface area contributed by atoms with Crippen LogP contribution in [0.4, 0.5) is 0 Å². The maximum absolute atomic E-state index is 6.44. The van der Waals surface area contributed by atoms with Gasteiger partial charge in [0.1, 0.15) is 0 Å². The van der Waals surface area contributed by atoms with E-state index in [9.17, 15) is 0 Å². The maximum Gasteiger partial charge on any atom is 0.0253 e. The zero-order valence-corrected chi connectivity index (χ0v) is 12.8. The second-order valence-corrected chi connectivity index (χ2v) is 7.82. The predicted octanol–water partition coefficient (Wildman–Crippen LogP) is 2.06. The number of rotatable bonds is 1. The summed E-state index contributed by atoms with van der Waals surface area (Å²) < 4.78 is 0. The summed E-state index contributed by atoms with van der Waals surface area (Å²) in [6.45, 7) is 9.96. The van der Waals surface area contributed by atoms with Crippen molar-refractivity contribution in [2.45, 2.75) is 70.5 Å². The number of fused-ring (bicyclic) bond motifs is 1. The maximum atomic E-state index is 6.44. The van der Waals surface area contributed by atoms with Gasteiger partial charge in [-0.2, -0.15) is 0 Å². The Morgan fingerprint density at radius 3 is 2.63 bits per heavy atom. The van der Waals surface area contributed by atoms with E-state index in [0.717, 1.165) is 6.04 Å². The molecule has 3 aliphatic rings. The standard InChI is InChI=1S/C16H31N3/c1-16(2)7-6-14(17)15(11-16)19-10-9-18-8-4-3-5-13(18)12-19/h13-15H,3-12,17H2,1-2H3. The third-order valence-corrected chi connectivity index (χ3v) is 5.75. The molecule has 3 atom stereocenters. The van der Waals surface area contributed by atoms with Gasteiger partial charge in [0.25, 0.3) is 0 Å². The Morgan fingerprint density at radius 1 is 1.00 bits per heavy atom. The minimum absolute atomic E-state index is 0.406. The highest BCUT2D eigenvalue weighted by atomic mass is 15.3. The average Bonchev–Trinajstić information content (AvgIpc) is 2.41. The van der Waals surface area contributed by atoms with Crippen LogP contribution in [-0.2, 0) is 0 Å². The van der Waals surface area contributed by atoms with Crippen molar-refractivity contribution in [3.63, 3.8) is 0 Å². The summed E-state index contributed by atoms with van der Waals surface area (Å²) in [7, 11) is 0. The highest BCUT2D eigenvalue weighted by Crippen LogP contribution is 2.37. The molecule has 2 heterocycles. The van der Waals surface area contributed by atoms with Crippen LogP contribution in [0, 0.1) is 5.41 Å². The van der Waals surface area contributed by atoms with Gasteiger partial charge >= 0.3 is 0 Å². The van der Waals surface area contributed by atoms with Crippen LogP contribution in [0.2, 0.25) is 0 Å². The largest absolute Gasteiger partial charge is 0.326 e. The molecule has 3 fully saturated rings. The van der Waals surface area contributed by atoms with E-state index in [0.29, 0.717) is 17.5 Å². The monoisotopic (exact) mass is 265 g/mol. The van der Waals surface area contributed by atoms with Gasteiger partial charge in [0.2, 0.25) is 0 Å². The third-order valence-electron chi connectivity index (χ3n) is 5.75. The quantitative estimate of drug-likeness (QED) is 0.788. The minimum Gasteiger partial charge on any atom is -0.326 e. The van der Waals surface area contributed by atoms with Crippen molar-refractivity contribution in [2.24, 2.45) is 11.1 Å². The van der Waals surface area contributed by atoms with Crippen molar-refractivity contribution in [3.8, 4) is 0 Å². The van der Waals surface area contributed by atoms with Crippen LogP contribution >= 0.6 is 0 Å². The molecule has 2 N–H and O–H groups in total. The van der Waals surface area contributed by atoms with E-state index < -0.39 is 0 Å². The van der Waals surface area contributed by atoms with Gasteiger partial charge < -0.3 is 5.73 Å². The van der Waals surface area contributed by atoms with E-state index in [-0.39, 0.29) is 0 Å². The fourth-order valence-electron chi connectivity index (χ4n) is 4.45. The SMILES string of the molecule is CC1(C)CCC(N)C(N2CCN3CCCCC3C2)C1. The van der Waals surface area contributed by atoms with E-state index in [1.807, 2.05) is 0 Å². The molecule has 110 valence electrons. The highest BCUT2D eigenvalue weighted by molar-refractivity contribution is 4.96. The molecule has 0 bridgehead atoms. The molecule has 3 heteroatoms. The summed E-state index contributed by atoms with van der Waals surface area (Å²) in [5.74, 6) is 0. The molecule has 0 radical (unpaired) electrons. The van der Waals surface area contributed by atoms with Crippen LogP contribution in [0.3, 0.4) is 0 Å². The number of piperazine rings is 1. The summed E-state index contributed by atoms with van der Waals surface area (Å²) >= 11 is 0. The van der Waals surface area contributed by atoms with Gasteiger partial charge in [-0.25, -0.2) is 0 Å². The minimum atomic E-state index is 0.406. The molecule has 2 saturated heterocycles. The Labute approximate surface area is 118 Å². The Hall–Kier alpha value is -0.120. The van der Waals surface area contributed by atoms with E-state index in [1.165, 1.54) is 64.7 Å². The Kier molecular flexibility index (Phi) is 3.89. The van der Waals surface area contributed by atoms with Crippen LogP contribution in [-0.4, -0.2) is 54.1 Å². The lowest BCUT2D eigenvalue weighted by Gasteiger charge is -2.51. The summed E-state index contributed by atoms with van der Waals surface area (Å²) in [6, 6.07) is 1.86. The number of piperidine rings is 1. The van der Waals surface area contributed by atoms with Crippen molar-refractivity contribution in [1.29, 1.82) is 0 Å². The predicted molar refractivity (Wildman–Crippen MR) is 80.2 cm³/mol. The van der Waals surface area contributed by atoms with E-state index in [1.54, 1.807) is 0 Å². The summed E-state index contributed by atoms with van der Waals surface area (Å²) in [4.78, 5) is 5.46. The third kappa shape index (κ3) is 2.98. The first kappa shape index (κ1) is 13.8. The molecular weight excluding hydrogens is 234 g/mol. The smallest absolute Gasteiger partial charge is 0.0253 e. The summed E-state index contributed by atoms with van der Waals surface area (Å²) in [6.07, 6.45) is 8.04. The van der Waals surface area contributed by atoms with Crippen LogP contribution in [0.15, 0.2) is 0 Å². The summed E-state index contributed by atoms with van der Waals surface area (Å²) in [5.41, 5.74) is 6.93. The topological polar surface area (TPSA) is 32.5 Å². The Morgan fingerprint density at radius 2 is 1.79 bits per heavy atom. The highest BCUT2D eigenvalue weighted by Gasteiger charge is 2.39. The first-order chi connectivity index (χ1) is 9.05. The number of nitrogens with zero attached hydrogens (tertiary/aromatic N) is 2. The van der Waals surface area contributed by atoms with Crippen LogP contribution in [0.1, 0.15) is 52.4 Å². The van der Waals surface area contributed by atoms with Crippen LogP contribution in [0.25, 0.3) is 0 Å². The van der Waals surface area contributed by atoms with Crippen molar-refractivity contribution >= 4 is 0 Å². The lowest BCUT2D eigenvalue weighted by Crippen LogP contribution is -2.61. The van der Waals surface area contributed by atoms with Crippen LogP contribution in [0.5, 0.6) is 0 Å². The van der Waals surface area contributed by atoms with Gasteiger partial charge in [-0.15, -0.1) is 0 Å². The zero-order valence-electron chi connectivity index (χ0n) is 12.8. The molecule has 0 aromatic carbocycles. The van der Waals surface area contributed by atoms with Gasteiger partial charge in [0, 0.05) is 37.8 Å². The second-order valence-electron chi connectivity index (χ2n) is 7.82. The summed E-state index contributed by atoms with van der Waals surface area (Å²) in [5, 5.41) is 0. The van der Waals surface area contributed by atoms with E-state index in [2.05, 4.69) is 23.6 Å². The van der Waals surface area contributed by atoms with Crippen molar-refractivity contribution in [1.82, 2.24) is 9.80 Å². The zero-order chi connectivity index (χ0) is 13.5. The number of hydrogen-bond donors (Lipinski definition) is 1. The van der Waals surface area contributed by atoms with Gasteiger partial charge in [0.15, 0.2) is 0 Å². The fraction of sp³-hybridized carbons (Fsp3) is 1.00. The van der Waals surface area contributed by atoms with Crippen molar-refractivity contribution in [2.75, 3.05) is 26.2 Å². The number of hydrogen-bond acceptors (Lipinski definition) is 3. The molecule has 2 aliphatic heterocycles. The second kappa shape index (κ2) is 5.34. The molecule has 19 heavy (non-hydrogen) atoms. The molecule has 0 spiro atoms. The molecule has 3 rings (SSSR count). The van der Waals surface area contributed by atoms with Crippen LogP contribution < -0.4 is 5.73 Å². The fourth-order valence-corrected chi connectivity index (χ4v) is 4.45. The van der Waals surface area contributed by atoms with Gasteiger partial charge in [0.05, 0.1) is 0 Å². The Balaban J connectivity index is 1.65. The van der Waals surface area contributed by atoms with E-state index in [4.69, 9.17) is 5.73 Å². The van der Waals surface area contributed by atoms with E-state index >= 15 is 0 Å². The molecular formula is C16H31N3. The van der Waals surface area contributed by atoms with Crippen molar-refractivity contribution < 1.29 is 0 Å².